The molecule has 0 unspecified atom stereocenters. The van der Waals surface area contributed by atoms with E-state index in [0.717, 1.165) is 39.0 Å². The molecule has 1 aliphatic carbocycles. The Bertz CT molecular complexity index is 2010. The molecule has 1 saturated carbocycles. The molecular weight excluding hydrogens is 624 g/mol. The van der Waals surface area contributed by atoms with Gasteiger partial charge in [-0.05, 0) is 121 Å². The van der Waals surface area contributed by atoms with Crippen LogP contribution in [0, 0.1) is 19.3 Å². The highest BCUT2D eigenvalue weighted by Gasteiger charge is 2.86. The van der Waals surface area contributed by atoms with Crippen molar-refractivity contribution in [2.45, 2.75) is 68.7 Å². The van der Waals surface area contributed by atoms with Gasteiger partial charge in [0.25, 0.3) is 0 Å². The molecule has 0 aromatic heterocycles. The molecule has 4 aliphatic rings. The maximum absolute atomic E-state index is 10.9. The molecule has 4 fully saturated rings. The van der Waals surface area contributed by atoms with Crippen LogP contribution in [0.5, 0.6) is 34.5 Å². The molecule has 1 spiro atoms. The van der Waals surface area contributed by atoms with Crippen LogP contribution in [-0.4, -0.2) is 45.8 Å². The topological polar surface area (TPSA) is 130 Å². The lowest BCUT2D eigenvalue weighted by Gasteiger charge is -2.42. The fourth-order valence-electron chi connectivity index (χ4n) is 8.90. The summed E-state index contributed by atoms with van der Waals surface area (Å²) in [6, 6.07) is 21.6. The van der Waals surface area contributed by atoms with Crippen LogP contribution >= 0.6 is 0 Å². The van der Waals surface area contributed by atoms with Crippen molar-refractivity contribution in [1.82, 2.24) is 0 Å². The highest BCUT2D eigenvalue weighted by Crippen LogP contribution is 2.80. The van der Waals surface area contributed by atoms with E-state index in [1.807, 2.05) is 50.2 Å². The summed E-state index contributed by atoms with van der Waals surface area (Å²) in [5.41, 5.74) is 3.65. The molecule has 3 saturated heterocycles. The molecule has 49 heavy (non-hydrogen) atoms. The second-order valence-electron chi connectivity index (χ2n) is 14.0. The number of rotatable bonds is 6. The molecule has 7 atom stereocenters. The van der Waals surface area contributed by atoms with Crippen molar-refractivity contribution in [2.24, 2.45) is 5.41 Å². The van der Waals surface area contributed by atoms with Crippen LogP contribution in [-0.2, 0) is 14.2 Å². The van der Waals surface area contributed by atoms with Gasteiger partial charge < -0.3 is 44.1 Å². The van der Waals surface area contributed by atoms with E-state index in [1.54, 1.807) is 36.4 Å². The highest BCUT2D eigenvalue weighted by atomic mass is 16.7. The summed E-state index contributed by atoms with van der Waals surface area (Å²) >= 11 is 0. The average molecular weight is 665 g/mol. The third-order valence-corrected chi connectivity index (χ3v) is 11.5. The van der Waals surface area contributed by atoms with Crippen molar-refractivity contribution >= 4 is 0 Å². The molecule has 3 heterocycles. The number of ether oxygens (including phenoxy) is 5. The fourth-order valence-corrected chi connectivity index (χ4v) is 8.90. The Balaban J connectivity index is 1.27. The summed E-state index contributed by atoms with van der Waals surface area (Å²) in [4.78, 5) is 0. The normalized spacial score (nSPS) is 31.4. The second-order valence-corrected chi connectivity index (χ2v) is 14.0. The Morgan fingerprint density at radius 2 is 1.18 bits per heavy atom. The van der Waals surface area contributed by atoms with E-state index in [2.05, 4.69) is 0 Å². The van der Waals surface area contributed by atoms with E-state index in [4.69, 9.17) is 30.3 Å². The van der Waals surface area contributed by atoms with Gasteiger partial charge in [-0.15, -0.1) is 0 Å². The molecule has 254 valence electrons. The number of hydrogen-bond acceptors (Lipinski definition) is 9. The van der Waals surface area contributed by atoms with Crippen LogP contribution in [0.1, 0.15) is 77.1 Å². The van der Waals surface area contributed by atoms with Gasteiger partial charge in [0.1, 0.15) is 41.0 Å². The second kappa shape index (κ2) is 10.9. The minimum absolute atomic E-state index is 0.0142. The van der Waals surface area contributed by atoms with Crippen LogP contribution in [0.15, 0.2) is 84.9 Å². The first-order valence-corrected chi connectivity index (χ1v) is 16.5. The quantitative estimate of drug-likeness (QED) is 0.121. The maximum atomic E-state index is 10.9. The van der Waals surface area contributed by atoms with Crippen molar-refractivity contribution in [3.63, 3.8) is 0 Å². The number of phenolic OH excluding ortho intramolecular Hbond substituents is 4. The minimum Gasteiger partial charge on any atom is -0.508 e. The number of aryl methyl sites for hydroxylation is 2. The monoisotopic (exact) mass is 664 g/mol. The Morgan fingerprint density at radius 1 is 0.612 bits per heavy atom. The largest absolute Gasteiger partial charge is 0.508 e. The van der Waals surface area contributed by atoms with Gasteiger partial charge >= 0.3 is 0 Å². The average Bonchev–Trinajstić information content (AvgIpc) is 3.58. The SMILES string of the molecule is C=C1[C@@H](c2ccc(O)c(C)c2)O[C@@H](c2ccc(OC)c(O)c2)[C@]12CC[C@]13O[C@@]1(C2)[C@@H](c1ccc(O)c(OC)c1)O[C@H]3c1ccc(O)c(C)c1. The Morgan fingerprint density at radius 3 is 1.84 bits per heavy atom. The van der Waals surface area contributed by atoms with Gasteiger partial charge in [-0.2, -0.15) is 0 Å². The fraction of sp³-hybridized carbons (Fsp3) is 0.350. The zero-order valence-corrected chi connectivity index (χ0v) is 27.9. The van der Waals surface area contributed by atoms with Crippen LogP contribution < -0.4 is 9.47 Å². The van der Waals surface area contributed by atoms with E-state index in [1.165, 1.54) is 14.2 Å². The van der Waals surface area contributed by atoms with Crippen molar-refractivity contribution < 1.29 is 44.1 Å². The first kappa shape index (κ1) is 31.6. The molecule has 9 heteroatoms. The number of benzene rings is 4. The number of hydrogen-bond donors (Lipinski definition) is 4. The predicted octanol–water partition coefficient (Wildman–Crippen LogP) is 7.70. The van der Waals surface area contributed by atoms with Crippen LogP contribution in [0.4, 0.5) is 0 Å². The lowest BCUT2D eigenvalue weighted by molar-refractivity contribution is -0.0749. The van der Waals surface area contributed by atoms with Gasteiger partial charge in [0.2, 0.25) is 0 Å². The molecule has 0 bridgehead atoms. The summed E-state index contributed by atoms with van der Waals surface area (Å²) in [6.07, 6.45) is -0.147. The summed E-state index contributed by atoms with van der Waals surface area (Å²) in [5, 5.41) is 42.0. The first-order valence-electron chi connectivity index (χ1n) is 16.5. The zero-order chi connectivity index (χ0) is 34.5. The maximum Gasteiger partial charge on any atom is 0.160 e. The molecule has 4 aromatic rings. The molecule has 0 radical (unpaired) electrons. The predicted molar refractivity (Wildman–Crippen MR) is 180 cm³/mol. The highest BCUT2D eigenvalue weighted by molar-refractivity contribution is 5.51. The lowest BCUT2D eigenvalue weighted by Crippen LogP contribution is -2.43. The number of phenols is 4. The van der Waals surface area contributed by atoms with Crippen molar-refractivity contribution in [3.8, 4) is 34.5 Å². The molecule has 4 aromatic carbocycles. The molecule has 0 amide bonds. The van der Waals surface area contributed by atoms with Gasteiger partial charge in [-0.3, -0.25) is 0 Å². The summed E-state index contributed by atoms with van der Waals surface area (Å²) in [7, 11) is 3.03. The zero-order valence-electron chi connectivity index (χ0n) is 27.9. The third-order valence-electron chi connectivity index (χ3n) is 11.5. The van der Waals surface area contributed by atoms with Crippen LogP contribution in [0.3, 0.4) is 0 Å². The molecule has 4 N–H and O–H groups in total. The van der Waals surface area contributed by atoms with Gasteiger partial charge in [0.15, 0.2) is 23.0 Å². The van der Waals surface area contributed by atoms with Gasteiger partial charge in [0.05, 0.1) is 20.3 Å². The smallest absolute Gasteiger partial charge is 0.160 e. The molecular formula is C40H40O9. The minimum atomic E-state index is -0.803. The molecule has 9 nitrogen and oxygen atoms in total. The summed E-state index contributed by atoms with van der Waals surface area (Å²) < 4.78 is 32.0. The summed E-state index contributed by atoms with van der Waals surface area (Å²) in [6.45, 7) is 8.44. The molecule has 3 aliphatic heterocycles. The van der Waals surface area contributed by atoms with Crippen LogP contribution in [0.2, 0.25) is 0 Å². The summed E-state index contributed by atoms with van der Waals surface area (Å²) in [5.74, 6) is 1.16. The van der Waals surface area contributed by atoms with Crippen molar-refractivity contribution in [1.29, 1.82) is 0 Å². The van der Waals surface area contributed by atoms with Crippen molar-refractivity contribution in [3.05, 3.63) is 118 Å². The Kier molecular flexibility index (Phi) is 7.02. The number of epoxide rings is 1. The van der Waals surface area contributed by atoms with Crippen LogP contribution in [0.25, 0.3) is 0 Å². The van der Waals surface area contributed by atoms with E-state index >= 15 is 0 Å². The van der Waals surface area contributed by atoms with Gasteiger partial charge in [-0.1, -0.05) is 30.8 Å². The van der Waals surface area contributed by atoms with E-state index in [-0.39, 0.29) is 23.0 Å². The number of methoxy groups -OCH3 is 2. The van der Waals surface area contributed by atoms with E-state index in [0.29, 0.717) is 30.8 Å². The van der Waals surface area contributed by atoms with Gasteiger partial charge in [0, 0.05) is 5.41 Å². The van der Waals surface area contributed by atoms with E-state index < -0.39 is 41.0 Å². The Labute approximate surface area is 284 Å². The standard InChI is InChI=1S/C40H40O9/c1-21-16-24(6-10-28(21)41)34-23(3)38(35(47-34)26-9-13-32(45-4)31(44)18-26)14-15-39-36(25-7-11-29(42)22(2)17-25)48-37(40(39,20-38)49-39)27-8-12-30(43)33(19-27)46-5/h6-13,16-19,34-37,41-44H,3,14-15,20H2,1-2,4-5H3/t34-,35-,36-,37+,38-,39+,40-/m0/s1. The van der Waals surface area contributed by atoms with E-state index in [9.17, 15) is 20.4 Å². The lowest BCUT2D eigenvalue weighted by atomic mass is 9.57. The van der Waals surface area contributed by atoms with Crippen molar-refractivity contribution in [2.75, 3.05) is 14.2 Å². The third kappa shape index (κ3) is 4.42. The Hall–Kier alpha value is -4.70. The van der Waals surface area contributed by atoms with Gasteiger partial charge in [-0.25, -0.2) is 0 Å². The number of aromatic hydroxyl groups is 4. The first-order chi connectivity index (χ1) is 23.5. The molecule has 8 rings (SSSR count).